The summed E-state index contributed by atoms with van der Waals surface area (Å²) in [6.07, 6.45) is 1.60. The van der Waals surface area contributed by atoms with Gasteiger partial charge in [-0.1, -0.05) is 0 Å². The highest BCUT2D eigenvalue weighted by Gasteiger charge is 2.19. The first-order valence-corrected chi connectivity index (χ1v) is 8.58. The maximum Gasteiger partial charge on any atom is 0.274 e. The Labute approximate surface area is 164 Å². The Balaban J connectivity index is 1.68. The number of aromatic amines is 1. The second kappa shape index (κ2) is 6.71. The predicted molar refractivity (Wildman–Crippen MR) is 108 cm³/mol. The van der Waals surface area contributed by atoms with Crippen LogP contribution in [-0.4, -0.2) is 43.2 Å². The van der Waals surface area contributed by atoms with Crippen LogP contribution in [0.5, 0.6) is 17.2 Å². The number of H-pyrrole nitrogens is 1. The number of phenols is 3. The molecule has 4 rings (SSSR count). The van der Waals surface area contributed by atoms with Gasteiger partial charge in [-0.15, -0.1) is 0 Å². The third-order valence-electron chi connectivity index (χ3n) is 4.53. The molecule has 0 spiro atoms. The Morgan fingerprint density at radius 3 is 2.48 bits per heavy atom. The van der Waals surface area contributed by atoms with Crippen LogP contribution in [0, 0.1) is 0 Å². The lowest BCUT2D eigenvalue weighted by Crippen LogP contribution is -2.26. The van der Waals surface area contributed by atoms with Gasteiger partial charge < -0.3 is 30.9 Å². The third-order valence-corrected chi connectivity index (χ3v) is 4.53. The number of benzene rings is 1. The van der Waals surface area contributed by atoms with Gasteiger partial charge in [0.2, 0.25) is 0 Å². The molecule has 0 saturated heterocycles. The van der Waals surface area contributed by atoms with Crippen molar-refractivity contribution in [2.45, 2.75) is 0 Å². The molecule has 0 radical (unpaired) electrons. The first-order chi connectivity index (χ1) is 13.8. The van der Waals surface area contributed by atoms with Gasteiger partial charge >= 0.3 is 0 Å². The molecule has 3 aromatic heterocycles. The van der Waals surface area contributed by atoms with E-state index in [4.69, 9.17) is 5.73 Å². The number of amides is 1. The molecular weight excluding hydrogens is 374 g/mol. The van der Waals surface area contributed by atoms with Crippen molar-refractivity contribution in [2.24, 2.45) is 0 Å². The van der Waals surface area contributed by atoms with Crippen molar-refractivity contribution in [1.82, 2.24) is 15.0 Å². The lowest BCUT2D eigenvalue weighted by molar-refractivity contribution is 0.0989. The first-order valence-electron chi connectivity index (χ1n) is 8.58. The summed E-state index contributed by atoms with van der Waals surface area (Å²) in [6, 6.07) is 11.1. The number of carbonyl (C=O) groups excluding carboxylic acids is 1. The molecule has 9 nitrogen and oxygen atoms in total. The van der Waals surface area contributed by atoms with Gasteiger partial charge in [0.1, 0.15) is 11.5 Å². The number of fused-ring (bicyclic) bond motifs is 1. The number of nitrogens with zero attached hydrogens (tertiary/aromatic N) is 3. The van der Waals surface area contributed by atoms with Gasteiger partial charge in [-0.3, -0.25) is 4.79 Å². The fourth-order valence-corrected chi connectivity index (χ4v) is 2.97. The maximum atomic E-state index is 12.8. The second-order valence-corrected chi connectivity index (χ2v) is 6.48. The number of pyridine rings is 2. The molecule has 1 aromatic carbocycles. The lowest BCUT2D eigenvalue weighted by Gasteiger charge is -2.17. The molecule has 0 aliphatic heterocycles. The van der Waals surface area contributed by atoms with Crippen LogP contribution in [-0.2, 0) is 0 Å². The smallest absolute Gasteiger partial charge is 0.274 e. The molecule has 1 amide bonds. The molecule has 4 aromatic rings. The number of hydrogen-bond acceptors (Lipinski definition) is 7. The van der Waals surface area contributed by atoms with Crippen LogP contribution in [0.15, 0.2) is 48.7 Å². The summed E-state index contributed by atoms with van der Waals surface area (Å²) in [5.41, 5.74) is 8.96. The molecule has 0 aliphatic rings. The summed E-state index contributed by atoms with van der Waals surface area (Å²) >= 11 is 0. The first kappa shape index (κ1) is 18.1. The van der Waals surface area contributed by atoms with Crippen LogP contribution in [0.4, 0.5) is 11.5 Å². The largest absolute Gasteiger partial charge is 0.504 e. The van der Waals surface area contributed by atoms with Crippen molar-refractivity contribution in [1.29, 1.82) is 0 Å². The fraction of sp³-hybridized carbons (Fsp3) is 0.0500. The molecule has 9 heteroatoms. The van der Waals surface area contributed by atoms with Crippen LogP contribution < -0.4 is 10.6 Å². The monoisotopic (exact) mass is 391 g/mol. The zero-order chi connectivity index (χ0) is 20.7. The molecule has 0 unspecified atom stereocenters. The minimum atomic E-state index is -0.645. The van der Waals surface area contributed by atoms with E-state index in [1.807, 2.05) is 12.1 Å². The Kier molecular flexibility index (Phi) is 4.19. The molecule has 6 N–H and O–H groups in total. The number of phenolic OH excluding ortho intramolecular Hbond substituents is 3. The Bertz CT molecular complexity index is 1230. The number of carbonyl (C=O) groups is 1. The third kappa shape index (κ3) is 3.25. The van der Waals surface area contributed by atoms with Crippen molar-refractivity contribution in [3.63, 3.8) is 0 Å². The summed E-state index contributed by atoms with van der Waals surface area (Å²) in [6.45, 7) is 0. The van der Waals surface area contributed by atoms with Gasteiger partial charge in [-0.25, -0.2) is 9.97 Å². The molecule has 0 fully saturated rings. The zero-order valence-electron chi connectivity index (χ0n) is 15.3. The number of hydrogen-bond donors (Lipinski definition) is 5. The minimum absolute atomic E-state index is 0.211. The van der Waals surface area contributed by atoms with E-state index in [0.717, 1.165) is 5.56 Å². The molecule has 3 heterocycles. The number of aromatic hydroxyl groups is 3. The van der Waals surface area contributed by atoms with E-state index < -0.39 is 23.2 Å². The summed E-state index contributed by atoms with van der Waals surface area (Å²) in [7, 11) is 1.48. The highest BCUT2D eigenvalue weighted by Crippen LogP contribution is 2.38. The molecule has 29 heavy (non-hydrogen) atoms. The van der Waals surface area contributed by atoms with Crippen molar-refractivity contribution in [3.8, 4) is 28.5 Å². The highest BCUT2D eigenvalue weighted by molar-refractivity contribution is 6.07. The maximum absolute atomic E-state index is 12.8. The second-order valence-electron chi connectivity index (χ2n) is 6.48. The summed E-state index contributed by atoms with van der Waals surface area (Å²) in [5, 5.41) is 28.8. The summed E-state index contributed by atoms with van der Waals surface area (Å²) < 4.78 is 0. The molecule has 0 atom stereocenters. The zero-order valence-corrected chi connectivity index (χ0v) is 15.3. The fourth-order valence-electron chi connectivity index (χ4n) is 2.97. The van der Waals surface area contributed by atoms with E-state index in [-0.39, 0.29) is 11.4 Å². The SMILES string of the molecule is CN(C(=O)c1cc2nc(-c3ccnc(N)c3)ccc2[nH]1)c1cc(O)c(O)c(O)c1. The lowest BCUT2D eigenvalue weighted by atomic mass is 10.1. The van der Waals surface area contributed by atoms with E-state index in [1.54, 1.807) is 24.4 Å². The van der Waals surface area contributed by atoms with E-state index in [2.05, 4.69) is 15.0 Å². The van der Waals surface area contributed by atoms with E-state index >= 15 is 0 Å². The topological polar surface area (TPSA) is 149 Å². The average molecular weight is 391 g/mol. The summed E-state index contributed by atoms with van der Waals surface area (Å²) in [5.74, 6) is -1.73. The van der Waals surface area contributed by atoms with Crippen molar-refractivity contribution in [3.05, 3.63) is 54.4 Å². The Hall–Kier alpha value is -4.27. The van der Waals surface area contributed by atoms with Crippen LogP contribution in [0.3, 0.4) is 0 Å². The average Bonchev–Trinajstić information content (AvgIpc) is 3.13. The van der Waals surface area contributed by atoms with Gasteiger partial charge in [-0.05, 0) is 30.3 Å². The Morgan fingerprint density at radius 1 is 1.07 bits per heavy atom. The minimum Gasteiger partial charge on any atom is -0.504 e. The standard InChI is InChI=1S/C20H17N5O4/c1-25(11-7-16(26)19(28)17(27)8-11)20(29)15-9-14-13(24-15)3-2-12(23-14)10-4-5-22-18(21)6-10/h2-9,24,26-28H,1H3,(H2,21,22). The molecule has 146 valence electrons. The van der Waals surface area contributed by atoms with Gasteiger partial charge in [-0.2, -0.15) is 0 Å². The van der Waals surface area contributed by atoms with E-state index in [9.17, 15) is 20.1 Å². The molecule has 0 saturated carbocycles. The van der Waals surface area contributed by atoms with Crippen LogP contribution >= 0.6 is 0 Å². The molecule has 0 aliphatic carbocycles. The van der Waals surface area contributed by atoms with Crippen LogP contribution in [0.25, 0.3) is 22.3 Å². The van der Waals surface area contributed by atoms with Gasteiger partial charge in [0.05, 0.1) is 22.4 Å². The number of aromatic nitrogens is 3. The Morgan fingerprint density at radius 2 is 1.79 bits per heavy atom. The number of nitrogens with one attached hydrogen (secondary N) is 1. The van der Waals surface area contributed by atoms with Crippen LogP contribution in [0.2, 0.25) is 0 Å². The molecular formula is C20H17N5O4. The van der Waals surface area contributed by atoms with Gasteiger partial charge in [0, 0.05) is 30.9 Å². The van der Waals surface area contributed by atoms with Crippen molar-refractivity contribution >= 4 is 28.4 Å². The van der Waals surface area contributed by atoms with E-state index in [0.29, 0.717) is 22.5 Å². The van der Waals surface area contributed by atoms with Crippen molar-refractivity contribution in [2.75, 3.05) is 17.7 Å². The highest BCUT2D eigenvalue weighted by atomic mass is 16.3. The number of nitrogen functional groups attached to an aromatic ring is 1. The van der Waals surface area contributed by atoms with Crippen molar-refractivity contribution < 1.29 is 20.1 Å². The molecule has 0 bridgehead atoms. The van der Waals surface area contributed by atoms with E-state index in [1.165, 1.54) is 24.1 Å². The van der Waals surface area contributed by atoms with Gasteiger partial charge in [0.15, 0.2) is 17.2 Å². The predicted octanol–water partition coefficient (Wildman–Crippen LogP) is 2.60. The quantitative estimate of drug-likeness (QED) is 0.337. The number of nitrogens with two attached hydrogens (primary N) is 1. The number of anilines is 2. The normalized spacial score (nSPS) is 10.9. The van der Waals surface area contributed by atoms with Gasteiger partial charge in [0.25, 0.3) is 5.91 Å². The number of rotatable bonds is 3. The summed E-state index contributed by atoms with van der Waals surface area (Å²) in [4.78, 5) is 25.6. The van der Waals surface area contributed by atoms with Crippen LogP contribution in [0.1, 0.15) is 10.5 Å².